The molecule has 1 atom stereocenters. The number of methoxy groups -OCH3 is 1. The molecule has 16 heavy (non-hydrogen) atoms. The fourth-order valence-corrected chi connectivity index (χ4v) is 3.41. The van der Waals surface area contributed by atoms with Crippen molar-refractivity contribution < 1.29 is 13.2 Å². The van der Waals surface area contributed by atoms with Gasteiger partial charge in [-0.25, -0.2) is 12.7 Å². The minimum absolute atomic E-state index is 0.195. The Kier molecular flexibility index (Phi) is 5.68. The van der Waals surface area contributed by atoms with Crippen LogP contribution in [0.25, 0.3) is 0 Å². The number of hydrogen-bond donors (Lipinski definition) is 1. The number of ether oxygens (including phenoxy) is 1. The highest BCUT2D eigenvalue weighted by Gasteiger charge is 2.30. The lowest BCUT2D eigenvalue weighted by Gasteiger charge is -2.16. The smallest absolute Gasteiger partial charge is 0.215 e. The number of hydrogen-bond acceptors (Lipinski definition) is 4. The van der Waals surface area contributed by atoms with Gasteiger partial charge < -0.3 is 10.1 Å². The normalized spacial score (nSPS) is 22.8. The molecule has 6 heteroatoms. The summed E-state index contributed by atoms with van der Waals surface area (Å²) in [4.78, 5) is 0. The Labute approximate surface area is 98.2 Å². The molecule has 0 bridgehead atoms. The van der Waals surface area contributed by atoms with Crippen molar-refractivity contribution in [1.82, 2.24) is 9.62 Å². The van der Waals surface area contributed by atoms with Crippen molar-refractivity contribution >= 4 is 10.0 Å². The Morgan fingerprint density at radius 1 is 1.50 bits per heavy atom. The molecule has 0 aromatic carbocycles. The zero-order valence-corrected chi connectivity index (χ0v) is 10.9. The van der Waals surface area contributed by atoms with Gasteiger partial charge in [0.1, 0.15) is 0 Å². The maximum absolute atomic E-state index is 11.9. The second-order valence-electron chi connectivity index (χ2n) is 4.14. The molecule has 0 aromatic heterocycles. The monoisotopic (exact) mass is 250 g/mol. The molecule has 0 spiro atoms. The Morgan fingerprint density at radius 3 is 2.88 bits per heavy atom. The van der Waals surface area contributed by atoms with Gasteiger partial charge in [0.05, 0.1) is 12.4 Å². The number of rotatable bonds is 7. The van der Waals surface area contributed by atoms with E-state index < -0.39 is 10.0 Å². The van der Waals surface area contributed by atoms with Gasteiger partial charge in [0.2, 0.25) is 10.0 Å². The molecule has 5 nitrogen and oxygen atoms in total. The van der Waals surface area contributed by atoms with Crippen molar-refractivity contribution in [3.63, 3.8) is 0 Å². The van der Waals surface area contributed by atoms with E-state index in [4.69, 9.17) is 4.74 Å². The first-order valence-corrected chi connectivity index (χ1v) is 7.38. The highest BCUT2D eigenvalue weighted by molar-refractivity contribution is 7.89. The summed E-state index contributed by atoms with van der Waals surface area (Å²) in [5.74, 6) is 0.555. The molecule has 1 aliphatic rings. The molecule has 96 valence electrons. The number of nitrogens with zero attached hydrogens (tertiary/aromatic N) is 1. The van der Waals surface area contributed by atoms with Crippen molar-refractivity contribution in [1.29, 1.82) is 0 Å². The molecule has 1 N–H and O–H groups in total. The zero-order valence-electron chi connectivity index (χ0n) is 10.1. The topological polar surface area (TPSA) is 58.6 Å². The van der Waals surface area contributed by atoms with Crippen LogP contribution in [0.15, 0.2) is 0 Å². The second kappa shape index (κ2) is 6.54. The van der Waals surface area contributed by atoms with E-state index in [-0.39, 0.29) is 5.75 Å². The van der Waals surface area contributed by atoms with Gasteiger partial charge in [-0.05, 0) is 18.9 Å². The summed E-state index contributed by atoms with van der Waals surface area (Å²) in [6.45, 7) is 5.22. The van der Waals surface area contributed by atoms with Crippen LogP contribution in [-0.2, 0) is 14.8 Å². The molecule has 1 heterocycles. The predicted molar refractivity (Wildman–Crippen MR) is 63.9 cm³/mol. The Morgan fingerprint density at radius 2 is 2.25 bits per heavy atom. The van der Waals surface area contributed by atoms with Crippen LogP contribution in [0.1, 0.15) is 13.3 Å². The van der Waals surface area contributed by atoms with Gasteiger partial charge in [0, 0.05) is 26.7 Å². The maximum atomic E-state index is 11.9. The first kappa shape index (κ1) is 13.9. The quantitative estimate of drug-likeness (QED) is 0.641. The van der Waals surface area contributed by atoms with Crippen LogP contribution in [0.3, 0.4) is 0 Å². The molecule has 0 saturated carbocycles. The molecule has 0 aliphatic carbocycles. The number of sulfonamides is 1. The van der Waals surface area contributed by atoms with E-state index >= 15 is 0 Å². The van der Waals surface area contributed by atoms with Crippen LogP contribution < -0.4 is 5.32 Å². The number of nitrogens with one attached hydrogen (secondary N) is 1. The molecule has 1 rings (SSSR count). The van der Waals surface area contributed by atoms with Gasteiger partial charge in [-0.3, -0.25) is 0 Å². The van der Waals surface area contributed by atoms with Gasteiger partial charge in [-0.2, -0.15) is 0 Å². The summed E-state index contributed by atoms with van der Waals surface area (Å²) in [5, 5.41) is 3.03. The van der Waals surface area contributed by atoms with E-state index in [9.17, 15) is 8.42 Å². The van der Waals surface area contributed by atoms with Crippen LogP contribution >= 0.6 is 0 Å². The molecule has 1 unspecified atom stereocenters. The van der Waals surface area contributed by atoms with Crippen molar-refractivity contribution in [3.8, 4) is 0 Å². The van der Waals surface area contributed by atoms with E-state index in [0.717, 1.165) is 13.0 Å². The van der Waals surface area contributed by atoms with Gasteiger partial charge in [0.15, 0.2) is 0 Å². The first-order chi connectivity index (χ1) is 7.60. The Bertz CT molecular complexity index is 292. The summed E-state index contributed by atoms with van der Waals surface area (Å²) >= 11 is 0. The van der Waals surface area contributed by atoms with E-state index in [0.29, 0.717) is 32.2 Å². The third-order valence-corrected chi connectivity index (χ3v) is 4.67. The summed E-state index contributed by atoms with van der Waals surface area (Å²) < 4.78 is 30.4. The van der Waals surface area contributed by atoms with Crippen molar-refractivity contribution in [2.45, 2.75) is 13.3 Å². The Balaban J connectivity index is 2.39. The minimum atomic E-state index is -3.07. The van der Waals surface area contributed by atoms with E-state index in [1.807, 2.05) is 6.92 Å². The zero-order chi connectivity index (χ0) is 12.0. The average Bonchev–Trinajstić information content (AvgIpc) is 2.68. The average molecular weight is 250 g/mol. The van der Waals surface area contributed by atoms with E-state index in [2.05, 4.69) is 5.32 Å². The lowest BCUT2D eigenvalue weighted by atomic mass is 10.1. The highest BCUT2D eigenvalue weighted by Crippen LogP contribution is 2.19. The molecule has 1 saturated heterocycles. The van der Waals surface area contributed by atoms with Crippen LogP contribution in [0, 0.1) is 5.92 Å². The lowest BCUT2D eigenvalue weighted by molar-refractivity contribution is 0.157. The molecule has 1 fully saturated rings. The third-order valence-electron chi connectivity index (χ3n) is 2.83. The van der Waals surface area contributed by atoms with Crippen LogP contribution in [0.2, 0.25) is 0 Å². The molecular weight excluding hydrogens is 228 g/mol. The molecule has 1 aliphatic heterocycles. The second-order valence-corrected chi connectivity index (χ2v) is 6.23. The van der Waals surface area contributed by atoms with Crippen molar-refractivity contribution in [2.24, 2.45) is 5.92 Å². The van der Waals surface area contributed by atoms with E-state index in [1.54, 1.807) is 11.4 Å². The highest BCUT2D eigenvalue weighted by atomic mass is 32.2. The van der Waals surface area contributed by atoms with Gasteiger partial charge in [-0.1, -0.05) is 6.92 Å². The van der Waals surface area contributed by atoms with Crippen LogP contribution in [0.4, 0.5) is 0 Å². The largest absolute Gasteiger partial charge is 0.384 e. The molecule has 0 amide bonds. The molecule has 0 radical (unpaired) electrons. The summed E-state index contributed by atoms with van der Waals surface area (Å²) in [5.41, 5.74) is 0. The molecular formula is C10H22N2O3S. The fraction of sp³-hybridized carbons (Fsp3) is 1.00. The predicted octanol–water partition coefficient (Wildman–Crippen LogP) is -0.106. The maximum Gasteiger partial charge on any atom is 0.215 e. The SMILES string of the molecule is CCNCCS(=O)(=O)N1CCC(COC)C1. The van der Waals surface area contributed by atoms with Gasteiger partial charge in [0.25, 0.3) is 0 Å². The molecule has 0 aromatic rings. The first-order valence-electron chi connectivity index (χ1n) is 5.77. The summed E-state index contributed by atoms with van der Waals surface area (Å²) in [7, 11) is -1.41. The fourth-order valence-electron chi connectivity index (χ4n) is 1.93. The van der Waals surface area contributed by atoms with Crippen molar-refractivity contribution in [2.75, 3.05) is 45.6 Å². The summed E-state index contributed by atoms with van der Waals surface area (Å²) in [6.07, 6.45) is 0.911. The van der Waals surface area contributed by atoms with Crippen molar-refractivity contribution in [3.05, 3.63) is 0 Å². The minimum Gasteiger partial charge on any atom is -0.384 e. The standard InChI is InChI=1S/C10H22N2O3S/c1-3-11-5-7-16(13,14)12-6-4-10(8-12)9-15-2/h10-11H,3-9H2,1-2H3. The van der Waals surface area contributed by atoms with Gasteiger partial charge in [-0.15, -0.1) is 0 Å². The summed E-state index contributed by atoms with van der Waals surface area (Å²) in [6, 6.07) is 0. The Hall–Kier alpha value is -0.170. The third kappa shape index (κ3) is 4.01. The van der Waals surface area contributed by atoms with Crippen LogP contribution in [-0.4, -0.2) is 58.4 Å². The van der Waals surface area contributed by atoms with Crippen LogP contribution in [0.5, 0.6) is 0 Å². The van der Waals surface area contributed by atoms with Gasteiger partial charge >= 0.3 is 0 Å². The van der Waals surface area contributed by atoms with E-state index in [1.165, 1.54) is 0 Å². The lowest BCUT2D eigenvalue weighted by Crippen LogP contribution is -2.35.